The van der Waals surface area contributed by atoms with E-state index in [9.17, 15) is 0 Å². The Hall–Kier alpha value is -0.890. The van der Waals surface area contributed by atoms with E-state index in [1.54, 1.807) is 6.07 Å². The molecule has 2 aromatic rings. The third-order valence-electron chi connectivity index (χ3n) is 2.61. The number of nitrogens with one attached hydrogen (secondary N) is 1. The van der Waals surface area contributed by atoms with E-state index in [0.29, 0.717) is 21.6 Å². The van der Waals surface area contributed by atoms with Crippen molar-refractivity contribution in [3.63, 3.8) is 0 Å². The third-order valence-corrected chi connectivity index (χ3v) is 3.51. The molecule has 0 saturated heterocycles. The van der Waals surface area contributed by atoms with Gasteiger partial charge in [0.1, 0.15) is 0 Å². The van der Waals surface area contributed by atoms with Crippen molar-refractivity contribution in [1.82, 2.24) is 0 Å². The Kier molecular flexibility index (Phi) is 4.39. The van der Waals surface area contributed by atoms with Gasteiger partial charge in [-0.1, -0.05) is 46.9 Å². The molecule has 0 aliphatic heterocycles. The quantitative estimate of drug-likeness (QED) is 0.781. The molecule has 0 unspecified atom stereocenters. The minimum absolute atomic E-state index is 0.610. The summed E-state index contributed by atoms with van der Waals surface area (Å²) in [4.78, 5) is 0. The average Bonchev–Trinajstić information content (AvgIpc) is 2.30. The molecule has 0 aliphatic rings. The van der Waals surface area contributed by atoms with Gasteiger partial charge in [-0.15, -0.1) is 0 Å². The maximum absolute atomic E-state index is 6.14. The first-order chi connectivity index (χ1) is 8.56. The summed E-state index contributed by atoms with van der Waals surface area (Å²) in [5, 5.41) is 5.25. The number of halogens is 3. The molecule has 0 amide bonds. The molecule has 2 aromatic carbocycles. The highest BCUT2D eigenvalue weighted by Gasteiger charge is 2.03. The van der Waals surface area contributed by atoms with Crippen molar-refractivity contribution < 1.29 is 0 Å². The highest BCUT2D eigenvalue weighted by atomic mass is 35.5. The second-order valence-corrected chi connectivity index (χ2v) is 5.32. The summed E-state index contributed by atoms with van der Waals surface area (Å²) in [6.45, 7) is 2.62. The van der Waals surface area contributed by atoms with E-state index in [0.717, 1.165) is 16.8 Å². The summed E-state index contributed by atoms with van der Waals surface area (Å²) in [7, 11) is 0. The molecule has 0 atom stereocenters. The van der Waals surface area contributed by atoms with Gasteiger partial charge >= 0.3 is 0 Å². The predicted octanol–water partition coefficient (Wildman–Crippen LogP) is 5.57. The molecule has 0 spiro atoms. The molecule has 18 heavy (non-hydrogen) atoms. The molecule has 94 valence electrons. The lowest BCUT2D eigenvalue weighted by atomic mass is 10.2. The van der Waals surface area contributed by atoms with Gasteiger partial charge in [-0.3, -0.25) is 0 Å². The Bertz CT molecular complexity index is 515. The van der Waals surface area contributed by atoms with E-state index in [1.807, 2.05) is 37.3 Å². The van der Waals surface area contributed by atoms with E-state index in [2.05, 4.69) is 5.32 Å². The van der Waals surface area contributed by atoms with E-state index < -0.39 is 0 Å². The van der Waals surface area contributed by atoms with Crippen LogP contribution in [-0.4, -0.2) is 0 Å². The molecule has 1 N–H and O–H groups in total. The normalized spacial score (nSPS) is 10.4. The van der Waals surface area contributed by atoms with Crippen LogP contribution in [0.1, 0.15) is 11.1 Å². The van der Waals surface area contributed by atoms with Crippen LogP contribution in [0.25, 0.3) is 0 Å². The van der Waals surface area contributed by atoms with E-state index >= 15 is 0 Å². The lowest BCUT2D eigenvalue weighted by molar-refractivity contribution is 1.15. The number of aryl methyl sites for hydroxylation is 1. The number of anilines is 1. The number of benzene rings is 2. The van der Waals surface area contributed by atoms with Gasteiger partial charge in [0.25, 0.3) is 0 Å². The molecule has 0 radical (unpaired) electrons. The van der Waals surface area contributed by atoms with Crippen molar-refractivity contribution >= 4 is 40.5 Å². The second kappa shape index (κ2) is 5.83. The zero-order valence-electron chi connectivity index (χ0n) is 9.81. The molecule has 0 aromatic heterocycles. The van der Waals surface area contributed by atoms with Crippen molar-refractivity contribution in [2.24, 2.45) is 0 Å². The maximum Gasteiger partial charge on any atom is 0.0640 e. The van der Waals surface area contributed by atoms with Gasteiger partial charge in [0.15, 0.2) is 0 Å². The fraction of sp³-hybridized carbons (Fsp3) is 0.143. The summed E-state index contributed by atoms with van der Waals surface area (Å²) < 4.78 is 0. The van der Waals surface area contributed by atoms with Gasteiger partial charge in [0.05, 0.1) is 10.7 Å². The largest absolute Gasteiger partial charge is 0.380 e. The summed E-state index contributed by atoms with van der Waals surface area (Å²) in [6, 6.07) is 11.4. The summed E-state index contributed by atoms with van der Waals surface area (Å²) in [5.74, 6) is 0. The minimum Gasteiger partial charge on any atom is -0.380 e. The van der Waals surface area contributed by atoms with Crippen LogP contribution in [0.2, 0.25) is 15.1 Å². The fourth-order valence-corrected chi connectivity index (χ4v) is 2.40. The van der Waals surface area contributed by atoms with E-state index in [4.69, 9.17) is 34.8 Å². The van der Waals surface area contributed by atoms with Gasteiger partial charge in [-0.05, 0) is 42.3 Å². The smallest absolute Gasteiger partial charge is 0.0640 e. The zero-order valence-corrected chi connectivity index (χ0v) is 12.1. The first kappa shape index (κ1) is 13.5. The van der Waals surface area contributed by atoms with Crippen LogP contribution in [-0.2, 0) is 6.54 Å². The van der Waals surface area contributed by atoms with Crippen LogP contribution in [0.3, 0.4) is 0 Å². The molecular formula is C14H12Cl3N. The van der Waals surface area contributed by atoms with Crippen molar-refractivity contribution in [3.8, 4) is 0 Å². The molecule has 0 heterocycles. The Morgan fingerprint density at radius 2 is 1.72 bits per heavy atom. The molecule has 4 heteroatoms. The minimum atomic E-state index is 0.610. The van der Waals surface area contributed by atoms with Crippen molar-refractivity contribution in [2.45, 2.75) is 13.5 Å². The highest BCUT2D eigenvalue weighted by Crippen LogP contribution is 2.25. The molecule has 0 fully saturated rings. The zero-order chi connectivity index (χ0) is 13.1. The van der Waals surface area contributed by atoms with Crippen molar-refractivity contribution in [2.75, 3.05) is 5.32 Å². The van der Waals surface area contributed by atoms with Crippen LogP contribution in [0.5, 0.6) is 0 Å². The second-order valence-electron chi connectivity index (χ2n) is 4.07. The number of hydrogen-bond donors (Lipinski definition) is 1. The topological polar surface area (TPSA) is 12.0 Å². The lowest BCUT2D eigenvalue weighted by Gasteiger charge is -2.10. The van der Waals surface area contributed by atoms with E-state index in [1.165, 1.54) is 0 Å². The summed E-state index contributed by atoms with van der Waals surface area (Å²) in [6.07, 6.45) is 0. The predicted molar refractivity (Wildman–Crippen MR) is 80.0 cm³/mol. The summed E-state index contributed by atoms with van der Waals surface area (Å²) in [5.41, 5.74) is 3.01. The third kappa shape index (κ3) is 3.32. The lowest BCUT2D eigenvalue weighted by Crippen LogP contribution is -2.00. The highest BCUT2D eigenvalue weighted by molar-refractivity contribution is 6.35. The monoisotopic (exact) mass is 299 g/mol. The van der Waals surface area contributed by atoms with Gasteiger partial charge in [-0.2, -0.15) is 0 Å². The van der Waals surface area contributed by atoms with Crippen LogP contribution in [0, 0.1) is 6.92 Å². The van der Waals surface area contributed by atoms with Gasteiger partial charge in [0.2, 0.25) is 0 Å². The van der Waals surface area contributed by atoms with Gasteiger partial charge in [-0.25, -0.2) is 0 Å². The van der Waals surface area contributed by atoms with Crippen LogP contribution in [0.15, 0.2) is 36.4 Å². The first-order valence-electron chi connectivity index (χ1n) is 5.50. The van der Waals surface area contributed by atoms with E-state index in [-0.39, 0.29) is 0 Å². The van der Waals surface area contributed by atoms with Crippen molar-refractivity contribution in [3.05, 3.63) is 62.6 Å². The molecule has 2 rings (SSSR count). The standard InChI is InChI=1S/C14H12Cl3N/c1-9-2-5-14(13(17)6-9)18-8-10-3-4-11(15)7-12(10)16/h2-7,18H,8H2,1H3. The number of hydrogen-bond acceptors (Lipinski definition) is 1. The Morgan fingerprint density at radius 3 is 2.39 bits per heavy atom. The number of rotatable bonds is 3. The Balaban J connectivity index is 2.11. The SMILES string of the molecule is Cc1ccc(NCc2ccc(Cl)cc2Cl)c(Cl)c1. The van der Waals surface area contributed by atoms with Crippen LogP contribution < -0.4 is 5.32 Å². The molecule has 0 aliphatic carbocycles. The van der Waals surface area contributed by atoms with Crippen molar-refractivity contribution in [1.29, 1.82) is 0 Å². The van der Waals surface area contributed by atoms with Gasteiger partial charge in [0, 0.05) is 16.6 Å². The van der Waals surface area contributed by atoms with Crippen LogP contribution >= 0.6 is 34.8 Å². The van der Waals surface area contributed by atoms with Gasteiger partial charge < -0.3 is 5.32 Å². The summed E-state index contributed by atoms with van der Waals surface area (Å²) >= 11 is 18.1. The van der Waals surface area contributed by atoms with Crippen LogP contribution in [0.4, 0.5) is 5.69 Å². The average molecular weight is 301 g/mol. The first-order valence-corrected chi connectivity index (χ1v) is 6.63. The maximum atomic E-state index is 6.14. The molecular weight excluding hydrogens is 289 g/mol. The molecule has 0 bridgehead atoms. The Morgan fingerprint density at radius 1 is 0.944 bits per heavy atom. The Labute approximate surface area is 122 Å². The molecule has 1 nitrogen and oxygen atoms in total. The molecule has 0 saturated carbocycles. The fourth-order valence-electron chi connectivity index (χ4n) is 1.62.